The molecule has 2 amide bonds. The number of anilines is 1. The van der Waals surface area contributed by atoms with E-state index in [-0.39, 0.29) is 30.1 Å². The van der Waals surface area contributed by atoms with E-state index in [1.807, 2.05) is 43.3 Å². The van der Waals surface area contributed by atoms with Crippen molar-refractivity contribution in [2.24, 2.45) is 11.0 Å². The molecule has 3 rings (SSSR count). The van der Waals surface area contributed by atoms with E-state index in [4.69, 9.17) is 0 Å². The van der Waals surface area contributed by atoms with Gasteiger partial charge in [0.05, 0.1) is 11.4 Å². The Bertz CT molecular complexity index is 812. The quantitative estimate of drug-likeness (QED) is 0.811. The van der Waals surface area contributed by atoms with E-state index in [2.05, 4.69) is 15.5 Å². The zero-order valence-corrected chi connectivity index (χ0v) is 16.0. The summed E-state index contributed by atoms with van der Waals surface area (Å²) in [7, 11) is 0. The SMILES string of the molecule is CC(=O)N(Sc1ccncc1)c1ccc(C2=NNC(=O)CC2C)cc1.Cl. The van der Waals surface area contributed by atoms with E-state index in [0.717, 1.165) is 21.9 Å². The van der Waals surface area contributed by atoms with Gasteiger partial charge in [-0.05, 0) is 41.8 Å². The van der Waals surface area contributed by atoms with Gasteiger partial charge >= 0.3 is 0 Å². The van der Waals surface area contributed by atoms with Crippen LogP contribution in [0.5, 0.6) is 0 Å². The van der Waals surface area contributed by atoms with Crippen LogP contribution in [-0.2, 0) is 9.59 Å². The Kier molecular flexibility index (Phi) is 6.76. The molecule has 6 nitrogen and oxygen atoms in total. The topological polar surface area (TPSA) is 74.7 Å². The van der Waals surface area contributed by atoms with Crippen molar-refractivity contribution in [3.63, 3.8) is 0 Å². The molecule has 1 N–H and O–H groups in total. The van der Waals surface area contributed by atoms with Crippen LogP contribution in [0.1, 0.15) is 25.8 Å². The molecule has 1 aliphatic heterocycles. The lowest BCUT2D eigenvalue weighted by Crippen LogP contribution is -2.32. The van der Waals surface area contributed by atoms with Crippen molar-refractivity contribution < 1.29 is 9.59 Å². The average molecular weight is 391 g/mol. The molecule has 1 aliphatic rings. The summed E-state index contributed by atoms with van der Waals surface area (Å²) in [5.74, 6) is -0.0655. The Labute approximate surface area is 162 Å². The van der Waals surface area contributed by atoms with Crippen molar-refractivity contribution in [2.75, 3.05) is 4.31 Å². The van der Waals surface area contributed by atoms with Crippen molar-refractivity contribution in [3.8, 4) is 0 Å². The standard InChI is InChI=1S/C18H18N4O2S.ClH/c1-12-11-17(24)20-21-18(12)14-3-5-15(6-4-14)22(13(2)23)25-16-7-9-19-10-8-16;/h3-10,12H,11H2,1-2H3,(H,20,24);1H. The van der Waals surface area contributed by atoms with Crippen molar-refractivity contribution in [3.05, 3.63) is 54.4 Å². The number of hydrogen-bond acceptors (Lipinski definition) is 5. The van der Waals surface area contributed by atoms with Crippen LogP contribution in [0, 0.1) is 5.92 Å². The van der Waals surface area contributed by atoms with Crippen molar-refractivity contribution in [1.82, 2.24) is 10.4 Å². The maximum atomic E-state index is 12.0. The molecule has 0 bridgehead atoms. The van der Waals surface area contributed by atoms with E-state index < -0.39 is 0 Å². The second-order valence-corrected chi connectivity index (χ2v) is 6.79. The lowest BCUT2D eigenvalue weighted by molar-refractivity contribution is -0.122. The predicted molar refractivity (Wildman–Crippen MR) is 105 cm³/mol. The smallest absolute Gasteiger partial charge is 0.240 e. The van der Waals surface area contributed by atoms with Crippen LogP contribution in [0.2, 0.25) is 0 Å². The highest BCUT2D eigenvalue weighted by molar-refractivity contribution is 8.01. The fraction of sp³-hybridized carbons (Fsp3) is 0.222. The van der Waals surface area contributed by atoms with Gasteiger partial charge in [0.2, 0.25) is 11.8 Å². The third kappa shape index (κ3) is 4.62. The number of hydrazone groups is 1. The Morgan fingerprint density at radius 2 is 1.85 bits per heavy atom. The second kappa shape index (κ2) is 8.82. The fourth-order valence-electron chi connectivity index (χ4n) is 2.57. The first-order valence-electron chi connectivity index (χ1n) is 7.90. The number of pyridine rings is 1. The molecule has 0 saturated heterocycles. The molecular formula is C18H19ClN4O2S. The summed E-state index contributed by atoms with van der Waals surface area (Å²) in [5, 5.41) is 4.16. The van der Waals surface area contributed by atoms with Crippen LogP contribution >= 0.6 is 24.4 Å². The normalized spacial score (nSPS) is 16.2. The van der Waals surface area contributed by atoms with Crippen LogP contribution < -0.4 is 9.73 Å². The van der Waals surface area contributed by atoms with Gasteiger partial charge in [0.15, 0.2) is 0 Å². The van der Waals surface area contributed by atoms with Gasteiger partial charge < -0.3 is 0 Å². The molecule has 0 spiro atoms. The van der Waals surface area contributed by atoms with Crippen LogP contribution in [0.3, 0.4) is 0 Å². The number of amides is 2. The number of aromatic nitrogens is 1. The van der Waals surface area contributed by atoms with E-state index in [1.54, 1.807) is 16.7 Å². The molecule has 2 heterocycles. The number of nitrogens with one attached hydrogen (secondary N) is 1. The molecule has 1 aromatic carbocycles. The van der Waals surface area contributed by atoms with E-state index in [0.29, 0.717) is 6.42 Å². The Balaban J connectivity index is 0.00000243. The van der Waals surface area contributed by atoms with Crippen LogP contribution in [0.4, 0.5) is 5.69 Å². The van der Waals surface area contributed by atoms with Gasteiger partial charge in [-0.3, -0.25) is 14.6 Å². The number of benzene rings is 1. The molecule has 26 heavy (non-hydrogen) atoms. The van der Waals surface area contributed by atoms with Crippen molar-refractivity contribution in [1.29, 1.82) is 0 Å². The maximum Gasteiger partial charge on any atom is 0.240 e. The summed E-state index contributed by atoms with van der Waals surface area (Å²) in [6, 6.07) is 11.3. The first-order valence-corrected chi connectivity index (χ1v) is 8.67. The number of halogens is 1. The minimum atomic E-state index is -0.0654. The predicted octanol–water partition coefficient (Wildman–Crippen LogP) is 3.42. The molecule has 0 aliphatic carbocycles. The molecule has 2 aromatic rings. The van der Waals surface area contributed by atoms with Crippen LogP contribution in [0.25, 0.3) is 0 Å². The van der Waals surface area contributed by atoms with Crippen molar-refractivity contribution in [2.45, 2.75) is 25.2 Å². The highest BCUT2D eigenvalue weighted by Crippen LogP contribution is 2.29. The van der Waals surface area contributed by atoms with Gasteiger partial charge in [-0.15, -0.1) is 12.4 Å². The van der Waals surface area contributed by atoms with Crippen LogP contribution in [0.15, 0.2) is 58.8 Å². The first kappa shape index (κ1) is 19.9. The molecule has 1 atom stereocenters. The summed E-state index contributed by atoms with van der Waals surface area (Å²) >= 11 is 1.35. The Hall–Kier alpha value is -2.38. The molecule has 0 fully saturated rings. The summed E-state index contributed by atoms with van der Waals surface area (Å²) in [4.78, 5) is 28.3. The summed E-state index contributed by atoms with van der Waals surface area (Å²) in [5.41, 5.74) is 5.10. The maximum absolute atomic E-state index is 12.0. The number of carbonyl (C=O) groups excluding carboxylic acids is 2. The summed E-state index contributed by atoms with van der Waals surface area (Å²) in [6.45, 7) is 3.51. The number of rotatable bonds is 4. The molecule has 1 unspecified atom stereocenters. The fourth-order valence-corrected chi connectivity index (χ4v) is 3.38. The van der Waals surface area contributed by atoms with Gasteiger partial charge in [-0.25, -0.2) is 9.73 Å². The molecule has 8 heteroatoms. The monoisotopic (exact) mass is 390 g/mol. The first-order chi connectivity index (χ1) is 12.0. The van der Waals surface area contributed by atoms with Gasteiger partial charge in [-0.2, -0.15) is 5.10 Å². The molecule has 0 radical (unpaired) electrons. The third-order valence-corrected chi connectivity index (χ3v) is 4.92. The Morgan fingerprint density at radius 1 is 1.19 bits per heavy atom. The molecular weight excluding hydrogens is 372 g/mol. The summed E-state index contributed by atoms with van der Waals surface area (Å²) < 4.78 is 1.63. The highest BCUT2D eigenvalue weighted by Gasteiger charge is 2.22. The summed E-state index contributed by atoms with van der Waals surface area (Å²) in [6.07, 6.45) is 3.82. The van der Waals surface area contributed by atoms with Crippen molar-refractivity contribution >= 4 is 47.6 Å². The molecule has 136 valence electrons. The van der Waals surface area contributed by atoms with Gasteiger partial charge in [0.25, 0.3) is 0 Å². The minimum absolute atomic E-state index is 0. The number of nitrogens with zero attached hydrogens (tertiary/aromatic N) is 3. The van der Waals surface area contributed by atoms with E-state index >= 15 is 0 Å². The minimum Gasteiger partial charge on any atom is -0.274 e. The zero-order chi connectivity index (χ0) is 17.8. The van der Waals surface area contributed by atoms with E-state index in [1.165, 1.54) is 18.9 Å². The molecule has 0 saturated carbocycles. The Morgan fingerprint density at radius 3 is 2.42 bits per heavy atom. The number of hydrogen-bond donors (Lipinski definition) is 1. The van der Waals surface area contributed by atoms with Gasteiger partial charge in [0, 0.05) is 36.6 Å². The third-order valence-electron chi connectivity index (χ3n) is 3.79. The largest absolute Gasteiger partial charge is 0.274 e. The highest BCUT2D eigenvalue weighted by atomic mass is 35.5. The zero-order valence-electron chi connectivity index (χ0n) is 14.4. The van der Waals surface area contributed by atoms with Crippen LogP contribution in [-0.4, -0.2) is 22.5 Å². The van der Waals surface area contributed by atoms with Gasteiger partial charge in [-0.1, -0.05) is 19.1 Å². The second-order valence-electron chi connectivity index (χ2n) is 5.77. The van der Waals surface area contributed by atoms with E-state index in [9.17, 15) is 9.59 Å². The number of carbonyl (C=O) groups is 2. The lowest BCUT2D eigenvalue weighted by atomic mass is 9.94. The van der Waals surface area contributed by atoms with Gasteiger partial charge in [0.1, 0.15) is 0 Å². The molecule has 1 aromatic heterocycles. The average Bonchev–Trinajstić information content (AvgIpc) is 2.61. The lowest BCUT2D eigenvalue weighted by Gasteiger charge is -2.22.